The summed E-state index contributed by atoms with van der Waals surface area (Å²) in [6.07, 6.45) is 3.25. The topological polar surface area (TPSA) is 64.1 Å². The third kappa shape index (κ3) is 2.62. The van der Waals surface area contributed by atoms with Crippen molar-refractivity contribution in [2.75, 3.05) is 13.2 Å². The van der Waals surface area contributed by atoms with Gasteiger partial charge in [0, 0.05) is 30.8 Å². The fourth-order valence-electron chi connectivity index (χ4n) is 2.11. The van der Waals surface area contributed by atoms with Gasteiger partial charge in [0.2, 0.25) is 0 Å². The number of pyridine rings is 1. The van der Waals surface area contributed by atoms with E-state index in [1.165, 1.54) is 11.5 Å². The average molecular weight is 273 g/mol. The lowest BCUT2D eigenvalue weighted by atomic mass is 9.97. The number of carbonyl (C=O) groups is 1. The van der Waals surface area contributed by atoms with Gasteiger partial charge in [-0.3, -0.25) is 4.79 Å². The van der Waals surface area contributed by atoms with Crippen molar-refractivity contribution < 1.29 is 9.53 Å². The van der Waals surface area contributed by atoms with Gasteiger partial charge in [-0.05, 0) is 24.4 Å². The molecule has 1 amide bonds. The van der Waals surface area contributed by atoms with Crippen LogP contribution >= 0.6 is 11.5 Å². The maximum atomic E-state index is 12.2. The van der Waals surface area contributed by atoms with Crippen LogP contribution in [0.4, 0.5) is 0 Å². The molecule has 96 valence electrons. The van der Waals surface area contributed by atoms with Gasteiger partial charge in [0.1, 0.15) is 12.7 Å². The fraction of sp³-hybridized carbons (Fsp3) is 0.417. The van der Waals surface area contributed by atoms with Crippen LogP contribution < -0.4 is 10.8 Å². The molecule has 2 aromatic rings. The van der Waals surface area contributed by atoms with E-state index in [0.29, 0.717) is 24.4 Å². The van der Waals surface area contributed by atoms with Gasteiger partial charge < -0.3 is 10.1 Å². The molecule has 2 radical (unpaired) electrons. The van der Waals surface area contributed by atoms with E-state index >= 15 is 0 Å². The highest BCUT2D eigenvalue weighted by atomic mass is 32.1. The number of aromatic nitrogens is 2. The Morgan fingerprint density at radius 1 is 1.47 bits per heavy atom. The lowest BCUT2D eigenvalue weighted by Crippen LogP contribution is -2.39. The monoisotopic (exact) mass is 273 g/mol. The first-order chi connectivity index (χ1) is 9.24. The van der Waals surface area contributed by atoms with Gasteiger partial charge in [-0.2, -0.15) is 4.37 Å². The number of fused-ring (bicyclic) bond motifs is 1. The van der Waals surface area contributed by atoms with E-state index in [1.54, 1.807) is 12.3 Å². The minimum atomic E-state index is -0.162. The lowest BCUT2D eigenvalue weighted by Gasteiger charge is -2.22. The van der Waals surface area contributed by atoms with Crippen molar-refractivity contribution in [1.29, 1.82) is 0 Å². The van der Waals surface area contributed by atoms with Gasteiger partial charge >= 0.3 is 0 Å². The molecule has 0 aromatic carbocycles. The Balaban J connectivity index is 1.82. The highest BCUT2D eigenvalue weighted by Gasteiger charge is 2.20. The normalized spacial score (nSPS) is 16.6. The van der Waals surface area contributed by atoms with Gasteiger partial charge in [-0.25, -0.2) is 4.98 Å². The van der Waals surface area contributed by atoms with Crippen LogP contribution in [0.3, 0.4) is 0 Å². The second-order valence-electron chi connectivity index (χ2n) is 4.51. The second kappa shape index (κ2) is 5.26. The summed E-state index contributed by atoms with van der Waals surface area (Å²) in [6, 6.07) is 1.90. The molecule has 1 aliphatic rings. The molecule has 0 saturated carbocycles. The molecular formula is C12H12BN3O2S. The maximum absolute atomic E-state index is 12.2. The average Bonchev–Trinajstić information content (AvgIpc) is 2.82. The predicted octanol–water partition coefficient (Wildman–Crippen LogP) is 0.394. The van der Waals surface area contributed by atoms with Crippen LogP contribution in [0, 0.1) is 0 Å². The number of nitrogens with zero attached hydrogens (tertiary/aromatic N) is 2. The summed E-state index contributed by atoms with van der Waals surface area (Å²) in [5.74, 6) is -0.162. The van der Waals surface area contributed by atoms with Crippen molar-refractivity contribution in [3.63, 3.8) is 0 Å². The highest BCUT2D eigenvalue weighted by Crippen LogP contribution is 2.19. The largest absolute Gasteiger partial charge is 0.381 e. The number of hydrogen-bond acceptors (Lipinski definition) is 5. The van der Waals surface area contributed by atoms with Crippen LogP contribution in [0.1, 0.15) is 23.3 Å². The Labute approximate surface area is 115 Å². The van der Waals surface area contributed by atoms with Crippen molar-refractivity contribution in [3.05, 3.63) is 18.0 Å². The molecule has 3 heterocycles. The smallest absolute Gasteiger partial charge is 0.271 e. The van der Waals surface area contributed by atoms with Gasteiger partial charge in [-0.1, -0.05) is 11.5 Å². The standard InChI is InChI=1S/C12H12BN3O2S/c13-7-5-9-10(16-19-12(9)14-6-7)11(17)15-8-1-3-18-4-2-8/h5-6,8H,1-4H2,(H,15,17). The molecule has 7 heteroatoms. The van der Waals surface area contributed by atoms with Crippen LogP contribution in [-0.2, 0) is 4.74 Å². The number of ether oxygens (including phenoxy) is 1. The molecule has 5 nitrogen and oxygen atoms in total. The minimum Gasteiger partial charge on any atom is -0.381 e. The van der Waals surface area contributed by atoms with Crippen LogP contribution in [0.15, 0.2) is 12.3 Å². The van der Waals surface area contributed by atoms with Gasteiger partial charge in [-0.15, -0.1) is 0 Å². The van der Waals surface area contributed by atoms with Crippen LogP contribution in [0.5, 0.6) is 0 Å². The zero-order valence-electron chi connectivity index (χ0n) is 10.3. The Bertz CT molecular complexity index is 610. The molecule has 1 N–H and O–H groups in total. The first-order valence-corrected chi connectivity index (χ1v) is 6.91. The van der Waals surface area contributed by atoms with Crippen molar-refractivity contribution in [2.45, 2.75) is 18.9 Å². The Morgan fingerprint density at radius 3 is 3.05 bits per heavy atom. The Hall–Kier alpha value is -1.47. The summed E-state index contributed by atoms with van der Waals surface area (Å²) in [7, 11) is 5.70. The van der Waals surface area contributed by atoms with Crippen LogP contribution in [0.25, 0.3) is 10.2 Å². The third-order valence-electron chi connectivity index (χ3n) is 3.12. The van der Waals surface area contributed by atoms with Crippen molar-refractivity contribution >= 4 is 41.0 Å². The van der Waals surface area contributed by atoms with Crippen molar-refractivity contribution in [1.82, 2.24) is 14.7 Å². The zero-order chi connectivity index (χ0) is 13.2. The van der Waals surface area contributed by atoms with Crippen molar-refractivity contribution in [3.8, 4) is 0 Å². The van der Waals surface area contributed by atoms with Crippen molar-refractivity contribution in [2.24, 2.45) is 0 Å². The first kappa shape index (κ1) is 12.6. The summed E-state index contributed by atoms with van der Waals surface area (Å²) >= 11 is 1.21. The van der Waals surface area contributed by atoms with E-state index in [-0.39, 0.29) is 11.9 Å². The maximum Gasteiger partial charge on any atom is 0.271 e. The first-order valence-electron chi connectivity index (χ1n) is 6.13. The number of carbonyl (C=O) groups excluding carboxylic acids is 1. The molecular weight excluding hydrogens is 261 g/mol. The van der Waals surface area contributed by atoms with E-state index < -0.39 is 0 Å². The minimum absolute atomic E-state index is 0.159. The predicted molar refractivity (Wildman–Crippen MR) is 74.1 cm³/mol. The molecule has 2 aromatic heterocycles. The third-order valence-corrected chi connectivity index (χ3v) is 3.89. The quantitative estimate of drug-likeness (QED) is 0.804. The van der Waals surface area contributed by atoms with Gasteiger partial charge in [0.25, 0.3) is 5.91 Å². The Morgan fingerprint density at radius 2 is 2.26 bits per heavy atom. The van der Waals surface area contributed by atoms with E-state index in [1.807, 2.05) is 0 Å². The summed E-state index contributed by atoms with van der Waals surface area (Å²) in [5, 5.41) is 3.71. The molecule has 0 aliphatic carbocycles. The SMILES string of the molecule is [B]c1cnc2snc(C(=O)NC3CCOCC3)c2c1. The number of amides is 1. The molecule has 0 bridgehead atoms. The Kier molecular flexibility index (Phi) is 3.48. The van der Waals surface area contributed by atoms with E-state index in [9.17, 15) is 4.79 Å². The van der Waals surface area contributed by atoms with E-state index in [0.717, 1.165) is 23.1 Å². The van der Waals surface area contributed by atoms with Gasteiger partial charge in [0.05, 0.1) is 0 Å². The summed E-state index contributed by atoms with van der Waals surface area (Å²) in [4.78, 5) is 17.1. The van der Waals surface area contributed by atoms with Crippen LogP contribution in [-0.4, -0.2) is 42.4 Å². The molecule has 1 aliphatic heterocycles. The highest BCUT2D eigenvalue weighted by molar-refractivity contribution is 7.13. The number of rotatable bonds is 2. The van der Waals surface area contributed by atoms with Crippen LogP contribution in [0.2, 0.25) is 0 Å². The molecule has 0 unspecified atom stereocenters. The molecule has 0 spiro atoms. The second-order valence-corrected chi connectivity index (χ2v) is 5.26. The molecule has 1 saturated heterocycles. The molecule has 0 atom stereocenters. The summed E-state index contributed by atoms with van der Waals surface area (Å²) in [6.45, 7) is 1.38. The van der Waals surface area contributed by atoms with E-state index in [2.05, 4.69) is 14.7 Å². The fourth-order valence-corrected chi connectivity index (χ4v) is 2.82. The molecule has 19 heavy (non-hydrogen) atoms. The molecule has 3 rings (SSSR count). The number of nitrogens with one attached hydrogen (secondary N) is 1. The zero-order valence-corrected chi connectivity index (χ0v) is 11.1. The van der Waals surface area contributed by atoms with E-state index in [4.69, 9.17) is 12.6 Å². The molecule has 1 fully saturated rings. The lowest BCUT2D eigenvalue weighted by molar-refractivity contribution is 0.0695. The number of hydrogen-bond donors (Lipinski definition) is 1. The summed E-state index contributed by atoms with van der Waals surface area (Å²) < 4.78 is 9.45. The van der Waals surface area contributed by atoms with Gasteiger partial charge in [0.15, 0.2) is 5.69 Å². The summed E-state index contributed by atoms with van der Waals surface area (Å²) in [5.41, 5.74) is 0.944.